The fourth-order valence-corrected chi connectivity index (χ4v) is 1.56. The monoisotopic (exact) mass is 290 g/mol. The molecule has 0 saturated carbocycles. The number of rotatable bonds is 4. The number of nitrogens with one attached hydrogen (secondary N) is 2. The molecular formula is C13H11FN4O3. The Morgan fingerprint density at radius 1 is 1.29 bits per heavy atom. The van der Waals surface area contributed by atoms with Gasteiger partial charge in [0.05, 0.1) is 23.5 Å². The molecule has 0 atom stereocenters. The number of carboxylic acids is 1. The number of halogens is 1. The first-order valence-corrected chi connectivity index (χ1v) is 5.89. The van der Waals surface area contributed by atoms with Crippen molar-refractivity contribution in [3.05, 3.63) is 53.9 Å². The minimum Gasteiger partial charge on any atom is -0.478 e. The number of amides is 2. The summed E-state index contributed by atoms with van der Waals surface area (Å²) < 4.78 is 13.0. The van der Waals surface area contributed by atoms with Crippen molar-refractivity contribution in [3.63, 3.8) is 0 Å². The molecule has 0 fully saturated rings. The molecule has 2 rings (SSSR count). The molecule has 0 spiro atoms. The number of aromatic nitrogens is 2. The van der Waals surface area contributed by atoms with Crippen molar-refractivity contribution in [2.24, 2.45) is 0 Å². The first-order valence-electron chi connectivity index (χ1n) is 5.89. The smallest absolute Gasteiger partial charge is 0.337 e. The topological polar surface area (TPSA) is 104 Å². The summed E-state index contributed by atoms with van der Waals surface area (Å²) in [7, 11) is 0. The number of aromatic carboxylic acids is 1. The van der Waals surface area contributed by atoms with Crippen LogP contribution < -0.4 is 10.6 Å². The van der Waals surface area contributed by atoms with Crippen LogP contribution in [0.3, 0.4) is 0 Å². The molecule has 2 aromatic rings. The highest BCUT2D eigenvalue weighted by Crippen LogP contribution is 2.16. The lowest BCUT2D eigenvalue weighted by Gasteiger charge is -2.09. The molecule has 0 aliphatic carbocycles. The highest BCUT2D eigenvalue weighted by molar-refractivity contribution is 5.99. The van der Waals surface area contributed by atoms with E-state index in [1.807, 2.05) is 0 Å². The molecule has 0 aliphatic rings. The number of hydrogen-bond donors (Lipinski definition) is 3. The second-order valence-electron chi connectivity index (χ2n) is 4.00. The van der Waals surface area contributed by atoms with Gasteiger partial charge in [-0.3, -0.25) is 0 Å². The summed E-state index contributed by atoms with van der Waals surface area (Å²) in [5.41, 5.74) is 0.272. The Labute approximate surface area is 118 Å². The third-order valence-corrected chi connectivity index (χ3v) is 2.53. The van der Waals surface area contributed by atoms with Crippen molar-refractivity contribution in [2.75, 3.05) is 5.32 Å². The van der Waals surface area contributed by atoms with E-state index in [9.17, 15) is 14.0 Å². The molecule has 3 N–H and O–H groups in total. The summed E-state index contributed by atoms with van der Waals surface area (Å²) in [5, 5.41) is 13.8. The van der Waals surface area contributed by atoms with Gasteiger partial charge in [0.2, 0.25) is 0 Å². The number of benzene rings is 1. The molecule has 21 heavy (non-hydrogen) atoms. The van der Waals surface area contributed by atoms with E-state index in [4.69, 9.17) is 5.11 Å². The van der Waals surface area contributed by atoms with E-state index in [1.54, 1.807) is 6.07 Å². The minimum atomic E-state index is -1.33. The fourth-order valence-electron chi connectivity index (χ4n) is 1.56. The molecular weight excluding hydrogens is 279 g/mol. The number of carbonyl (C=O) groups is 2. The molecule has 1 aromatic heterocycles. The maximum atomic E-state index is 13.0. The van der Waals surface area contributed by atoms with E-state index in [0.717, 1.165) is 12.1 Å². The highest BCUT2D eigenvalue weighted by Gasteiger charge is 2.13. The highest BCUT2D eigenvalue weighted by atomic mass is 19.1. The average Bonchev–Trinajstić information content (AvgIpc) is 2.48. The lowest BCUT2D eigenvalue weighted by molar-refractivity contribution is 0.0697. The number of hydrogen-bond acceptors (Lipinski definition) is 4. The van der Waals surface area contributed by atoms with E-state index in [0.29, 0.717) is 5.69 Å². The van der Waals surface area contributed by atoms with Crippen molar-refractivity contribution in [3.8, 4) is 0 Å². The summed E-state index contributed by atoms with van der Waals surface area (Å²) in [6.07, 6.45) is 2.88. The zero-order valence-corrected chi connectivity index (χ0v) is 10.7. The molecule has 0 aliphatic heterocycles. The predicted molar refractivity (Wildman–Crippen MR) is 71.2 cm³/mol. The van der Waals surface area contributed by atoms with Gasteiger partial charge in [0.15, 0.2) is 0 Å². The molecule has 1 aromatic carbocycles. The summed E-state index contributed by atoms with van der Waals surface area (Å²) in [6, 6.07) is 4.08. The first kappa shape index (κ1) is 14.4. The number of anilines is 1. The van der Waals surface area contributed by atoms with Crippen LogP contribution >= 0.6 is 0 Å². The van der Waals surface area contributed by atoms with Crippen molar-refractivity contribution >= 4 is 17.7 Å². The molecule has 108 valence electrons. The fraction of sp³-hybridized carbons (Fsp3) is 0.0769. The summed E-state index contributed by atoms with van der Waals surface area (Å²) >= 11 is 0. The van der Waals surface area contributed by atoms with Crippen molar-refractivity contribution in [1.82, 2.24) is 15.3 Å². The number of nitrogens with zero attached hydrogens (tertiary/aromatic N) is 2. The van der Waals surface area contributed by atoms with Gasteiger partial charge in [0.1, 0.15) is 12.1 Å². The molecule has 0 radical (unpaired) electrons. The summed E-state index contributed by atoms with van der Waals surface area (Å²) in [5.74, 6) is -2.03. The average molecular weight is 290 g/mol. The molecule has 2 amide bonds. The predicted octanol–water partition coefficient (Wildman–Crippen LogP) is 1.64. The Morgan fingerprint density at radius 3 is 2.76 bits per heavy atom. The van der Waals surface area contributed by atoms with Gasteiger partial charge in [0, 0.05) is 6.20 Å². The van der Waals surface area contributed by atoms with Gasteiger partial charge >= 0.3 is 12.0 Å². The van der Waals surface area contributed by atoms with Gasteiger partial charge in [-0.15, -0.1) is 0 Å². The van der Waals surface area contributed by atoms with Crippen LogP contribution in [-0.2, 0) is 6.54 Å². The molecule has 0 saturated heterocycles. The number of carbonyl (C=O) groups excluding carboxylic acids is 1. The van der Waals surface area contributed by atoms with E-state index in [2.05, 4.69) is 20.6 Å². The van der Waals surface area contributed by atoms with Crippen molar-refractivity contribution in [1.29, 1.82) is 0 Å². The Morgan fingerprint density at radius 2 is 2.10 bits per heavy atom. The standard InChI is InChI=1S/C13H11FN4O3/c14-8-1-2-11(10(5-8)12(19)20)18-13(21)16-6-9-3-4-15-7-17-9/h1-5,7H,6H2,(H,19,20)(H2,16,18,21). The van der Waals surface area contributed by atoms with Gasteiger partial charge in [-0.25, -0.2) is 23.9 Å². The van der Waals surface area contributed by atoms with Crippen LogP contribution in [0.5, 0.6) is 0 Å². The second kappa shape index (κ2) is 6.42. The Hall–Kier alpha value is -3.03. The van der Waals surface area contributed by atoms with Crippen LogP contribution in [0.1, 0.15) is 16.1 Å². The summed E-state index contributed by atoms with van der Waals surface area (Å²) in [4.78, 5) is 30.3. The Bertz CT molecular complexity index is 664. The zero-order chi connectivity index (χ0) is 15.2. The quantitative estimate of drug-likeness (QED) is 0.794. The maximum Gasteiger partial charge on any atom is 0.337 e. The maximum absolute atomic E-state index is 13.0. The Kier molecular flexibility index (Phi) is 4.39. The van der Waals surface area contributed by atoms with Gasteiger partial charge in [-0.2, -0.15) is 0 Å². The van der Waals surface area contributed by atoms with Gasteiger partial charge < -0.3 is 15.7 Å². The normalized spacial score (nSPS) is 9.95. The first-order chi connectivity index (χ1) is 10.1. The zero-order valence-electron chi connectivity index (χ0n) is 10.7. The third kappa shape index (κ3) is 3.96. The molecule has 0 bridgehead atoms. The number of urea groups is 1. The van der Waals surface area contributed by atoms with E-state index >= 15 is 0 Å². The van der Waals surface area contributed by atoms with E-state index < -0.39 is 17.8 Å². The van der Waals surface area contributed by atoms with Gasteiger partial charge in [-0.1, -0.05) is 0 Å². The van der Waals surface area contributed by atoms with Gasteiger partial charge in [0.25, 0.3) is 0 Å². The number of carboxylic acid groups (broad SMARTS) is 1. The van der Waals surface area contributed by atoms with Crippen LogP contribution in [0.2, 0.25) is 0 Å². The SMILES string of the molecule is O=C(NCc1ccncn1)Nc1ccc(F)cc1C(=O)O. The van der Waals surface area contributed by atoms with Crippen LogP contribution in [0.4, 0.5) is 14.9 Å². The molecule has 0 unspecified atom stereocenters. The van der Waals surface area contributed by atoms with Gasteiger partial charge in [-0.05, 0) is 24.3 Å². The second-order valence-corrected chi connectivity index (χ2v) is 4.00. The lowest BCUT2D eigenvalue weighted by atomic mass is 10.2. The van der Waals surface area contributed by atoms with E-state index in [1.165, 1.54) is 18.6 Å². The largest absolute Gasteiger partial charge is 0.478 e. The summed E-state index contributed by atoms with van der Waals surface area (Å²) in [6.45, 7) is 0.151. The van der Waals surface area contributed by atoms with E-state index in [-0.39, 0.29) is 17.8 Å². The van der Waals surface area contributed by atoms with Crippen molar-refractivity contribution in [2.45, 2.75) is 6.54 Å². The molecule has 7 nitrogen and oxygen atoms in total. The van der Waals surface area contributed by atoms with Crippen LogP contribution in [0.25, 0.3) is 0 Å². The lowest BCUT2D eigenvalue weighted by Crippen LogP contribution is -2.29. The third-order valence-electron chi connectivity index (χ3n) is 2.53. The van der Waals surface area contributed by atoms with Crippen molar-refractivity contribution < 1.29 is 19.1 Å². The van der Waals surface area contributed by atoms with Crippen LogP contribution in [0.15, 0.2) is 36.8 Å². The molecule has 8 heteroatoms. The van der Waals surface area contributed by atoms with Crippen LogP contribution in [0, 0.1) is 5.82 Å². The van der Waals surface area contributed by atoms with Crippen LogP contribution in [-0.4, -0.2) is 27.1 Å². The Balaban J connectivity index is 2.01. The molecule has 1 heterocycles. The minimum absolute atomic E-state index is 0.00378.